The van der Waals surface area contributed by atoms with Crippen molar-refractivity contribution in [3.63, 3.8) is 0 Å². The Morgan fingerprint density at radius 1 is 1.35 bits per heavy atom. The van der Waals surface area contributed by atoms with Gasteiger partial charge < -0.3 is 10.6 Å². The minimum Gasteiger partial charge on any atom is -0.344 e. The normalized spacial score (nSPS) is 16.6. The van der Waals surface area contributed by atoms with Crippen LogP contribution in [0.2, 0.25) is 0 Å². The van der Waals surface area contributed by atoms with Gasteiger partial charge in [-0.05, 0) is 31.7 Å². The molecule has 1 amide bonds. The van der Waals surface area contributed by atoms with E-state index in [2.05, 4.69) is 31.2 Å². The molecule has 0 atom stereocenters. The topological polar surface area (TPSA) is 46.3 Å². The van der Waals surface area contributed by atoms with Gasteiger partial charge in [0.1, 0.15) is 0 Å². The lowest BCUT2D eigenvalue weighted by Crippen LogP contribution is -2.44. The molecule has 1 aromatic carbocycles. The molecule has 1 saturated carbocycles. The van der Waals surface area contributed by atoms with E-state index in [9.17, 15) is 4.79 Å². The van der Waals surface area contributed by atoms with E-state index in [1.807, 2.05) is 7.05 Å². The predicted octanol–water partition coefficient (Wildman–Crippen LogP) is 1.49. The molecule has 0 aliphatic heterocycles. The minimum absolute atomic E-state index is 0.0876. The number of nitrogens with zero attached hydrogens (tertiary/aromatic N) is 1. The fourth-order valence-corrected chi connectivity index (χ4v) is 1.88. The van der Waals surface area contributed by atoms with Crippen LogP contribution in [-0.2, 0) is 11.2 Å². The zero-order chi connectivity index (χ0) is 12.5. The van der Waals surface area contributed by atoms with Crippen molar-refractivity contribution in [2.75, 3.05) is 13.6 Å². The van der Waals surface area contributed by atoms with E-state index in [1.165, 1.54) is 11.1 Å². The maximum atomic E-state index is 11.9. The number of amides is 1. The third kappa shape index (κ3) is 2.86. The number of aryl methyl sites for hydroxylation is 1. The van der Waals surface area contributed by atoms with Crippen LogP contribution >= 0.6 is 0 Å². The maximum Gasteiger partial charge on any atom is 0.242 e. The van der Waals surface area contributed by atoms with Crippen molar-refractivity contribution in [1.29, 1.82) is 0 Å². The van der Waals surface area contributed by atoms with Crippen LogP contribution in [0.15, 0.2) is 24.3 Å². The SMILES string of the molecule is Cc1ccc(CCN(C)C(=O)C2(N)CC2)cc1. The molecule has 1 aromatic rings. The molecule has 17 heavy (non-hydrogen) atoms. The van der Waals surface area contributed by atoms with Gasteiger partial charge in [-0.15, -0.1) is 0 Å². The van der Waals surface area contributed by atoms with Crippen molar-refractivity contribution < 1.29 is 4.79 Å². The van der Waals surface area contributed by atoms with Gasteiger partial charge in [0.05, 0.1) is 5.54 Å². The highest BCUT2D eigenvalue weighted by atomic mass is 16.2. The van der Waals surface area contributed by atoms with Crippen molar-refractivity contribution in [3.05, 3.63) is 35.4 Å². The lowest BCUT2D eigenvalue weighted by atomic mass is 10.1. The maximum absolute atomic E-state index is 11.9. The Balaban J connectivity index is 1.85. The molecule has 1 aliphatic carbocycles. The summed E-state index contributed by atoms with van der Waals surface area (Å²) < 4.78 is 0. The Morgan fingerprint density at radius 3 is 2.47 bits per heavy atom. The molecular formula is C14H20N2O. The second kappa shape index (κ2) is 4.49. The van der Waals surface area contributed by atoms with Gasteiger partial charge in [0, 0.05) is 13.6 Å². The summed E-state index contributed by atoms with van der Waals surface area (Å²) in [6, 6.07) is 8.43. The Morgan fingerprint density at radius 2 is 1.94 bits per heavy atom. The van der Waals surface area contributed by atoms with Gasteiger partial charge >= 0.3 is 0 Å². The highest BCUT2D eigenvalue weighted by Crippen LogP contribution is 2.33. The summed E-state index contributed by atoms with van der Waals surface area (Å²) in [4.78, 5) is 13.7. The average Bonchev–Trinajstić information content (AvgIpc) is 3.06. The number of nitrogens with two attached hydrogens (primary N) is 1. The molecule has 0 saturated heterocycles. The molecule has 3 nitrogen and oxygen atoms in total. The largest absolute Gasteiger partial charge is 0.344 e. The summed E-state index contributed by atoms with van der Waals surface area (Å²) in [5.41, 5.74) is 7.87. The van der Waals surface area contributed by atoms with Crippen LogP contribution in [0.25, 0.3) is 0 Å². The number of carbonyl (C=O) groups is 1. The zero-order valence-corrected chi connectivity index (χ0v) is 10.6. The molecule has 3 heteroatoms. The molecule has 2 N–H and O–H groups in total. The van der Waals surface area contributed by atoms with Crippen LogP contribution in [-0.4, -0.2) is 29.9 Å². The Labute approximate surface area is 103 Å². The van der Waals surface area contributed by atoms with Crippen molar-refractivity contribution in [3.8, 4) is 0 Å². The molecule has 92 valence electrons. The van der Waals surface area contributed by atoms with Crippen LogP contribution in [0.5, 0.6) is 0 Å². The number of likely N-dealkylation sites (N-methyl/N-ethyl adjacent to an activating group) is 1. The standard InChI is InChI=1S/C14H20N2O/c1-11-3-5-12(6-4-11)7-10-16(2)13(17)14(15)8-9-14/h3-6H,7-10,15H2,1-2H3. The summed E-state index contributed by atoms with van der Waals surface area (Å²) in [6.45, 7) is 2.81. The first kappa shape index (κ1) is 12.1. The molecule has 0 spiro atoms. The van der Waals surface area contributed by atoms with Crippen LogP contribution in [0.1, 0.15) is 24.0 Å². The lowest BCUT2D eigenvalue weighted by Gasteiger charge is -2.20. The van der Waals surface area contributed by atoms with E-state index in [4.69, 9.17) is 5.73 Å². The van der Waals surface area contributed by atoms with Crippen LogP contribution in [0.3, 0.4) is 0 Å². The average molecular weight is 232 g/mol. The summed E-state index contributed by atoms with van der Waals surface area (Å²) in [6.07, 6.45) is 2.56. The molecule has 1 fully saturated rings. The van der Waals surface area contributed by atoms with Gasteiger partial charge in [-0.1, -0.05) is 29.8 Å². The van der Waals surface area contributed by atoms with Crippen molar-refractivity contribution in [2.24, 2.45) is 5.73 Å². The molecule has 0 radical (unpaired) electrons. The highest BCUT2D eigenvalue weighted by Gasteiger charge is 2.47. The van der Waals surface area contributed by atoms with Crippen molar-refractivity contribution in [2.45, 2.75) is 31.7 Å². The zero-order valence-electron chi connectivity index (χ0n) is 10.6. The van der Waals surface area contributed by atoms with Crippen LogP contribution < -0.4 is 5.73 Å². The molecule has 1 aliphatic rings. The van der Waals surface area contributed by atoms with Gasteiger partial charge in [-0.2, -0.15) is 0 Å². The van der Waals surface area contributed by atoms with E-state index in [-0.39, 0.29) is 5.91 Å². The van der Waals surface area contributed by atoms with Crippen molar-refractivity contribution in [1.82, 2.24) is 4.90 Å². The molecule has 0 bridgehead atoms. The third-order valence-corrected chi connectivity index (χ3v) is 3.42. The van der Waals surface area contributed by atoms with Gasteiger partial charge in [-0.3, -0.25) is 4.79 Å². The summed E-state index contributed by atoms with van der Waals surface area (Å²) in [5, 5.41) is 0. The fourth-order valence-electron chi connectivity index (χ4n) is 1.88. The predicted molar refractivity (Wildman–Crippen MR) is 68.7 cm³/mol. The monoisotopic (exact) mass is 232 g/mol. The van der Waals surface area contributed by atoms with E-state index in [0.717, 1.165) is 25.8 Å². The molecule has 0 unspecified atom stereocenters. The number of hydrogen-bond donors (Lipinski definition) is 1. The van der Waals surface area contributed by atoms with Gasteiger partial charge in [0.2, 0.25) is 5.91 Å². The second-order valence-corrected chi connectivity index (χ2v) is 5.12. The quantitative estimate of drug-likeness (QED) is 0.855. The summed E-state index contributed by atoms with van der Waals surface area (Å²) >= 11 is 0. The van der Waals surface area contributed by atoms with E-state index in [0.29, 0.717) is 0 Å². The minimum atomic E-state index is -0.540. The van der Waals surface area contributed by atoms with Crippen molar-refractivity contribution >= 4 is 5.91 Å². The van der Waals surface area contributed by atoms with Gasteiger partial charge in [0.25, 0.3) is 0 Å². The van der Waals surface area contributed by atoms with Crippen LogP contribution in [0.4, 0.5) is 0 Å². The molecule has 0 heterocycles. The van der Waals surface area contributed by atoms with E-state index >= 15 is 0 Å². The fraction of sp³-hybridized carbons (Fsp3) is 0.500. The molecule has 2 rings (SSSR count). The van der Waals surface area contributed by atoms with E-state index < -0.39 is 5.54 Å². The Hall–Kier alpha value is -1.35. The highest BCUT2D eigenvalue weighted by molar-refractivity contribution is 5.88. The van der Waals surface area contributed by atoms with Crippen LogP contribution in [0, 0.1) is 6.92 Å². The third-order valence-electron chi connectivity index (χ3n) is 3.42. The number of carbonyl (C=O) groups excluding carboxylic acids is 1. The number of benzene rings is 1. The molecule has 0 aromatic heterocycles. The summed E-state index contributed by atoms with van der Waals surface area (Å²) in [5.74, 6) is 0.0876. The first-order valence-corrected chi connectivity index (χ1v) is 6.11. The first-order chi connectivity index (χ1) is 8.01. The van der Waals surface area contributed by atoms with Gasteiger partial charge in [-0.25, -0.2) is 0 Å². The lowest BCUT2D eigenvalue weighted by molar-refractivity contribution is -0.132. The van der Waals surface area contributed by atoms with Gasteiger partial charge in [0.15, 0.2) is 0 Å². The molecular weight excluding hydrogens is 212 g/mol. The van der Waals surface area contributed by atoms with E-state index in [1.54, 1.807) is 4.90 Å². The first-order valence-electron chi connectivity index (χ1n) is 6.11. The number of hydrogen-bond acceptors (Lipinski definition) is 2. The Kier molecular flexibility index (Phi) is 3.20. The number of rotatable bonds is 4. The summed E-state index contributed by atoms with van der Waals surface area (Å²) in [7, 11) is 1.84. The smallest absolute Gasteiger partial charge is 0.242 e. The second-order valence-electron chi connectivity index (χ2n) is 5.12. The Bertz CT molecular complexity index is 407.